The molecule has 2 unspecified atom stereocenters. The first-order chi connectivity index (χ1) is 17.1. The molecule has 0 saturated carbocycles. The minimum Gasteiger partial charge on any atom is -0.490 e. The molecule has 0 aliphatic heterocycles. The third-order valence-corrected chi connectivity index (χ3v) is 7.06. The molecule has 0 fully saturated rings. The summed E-state index contributed by atoms with van der Waals surface area (Å²) in [7, 11) is 0. The zero-order valence-corrected chi connectivity index (χ0v) is 21.9. The Morgan fingerprint density at radius 2 is 1.29 bits per heavy atom. The molecular formula is C30H40O4S. The molecule has 3 aromatic rings. The van der Waals surface area contributed by atoms with Gasteiger partial charge in [-0.15, -0.1) is 0 Å². The van der Waals surface area contributed by atoms with E-state index < -0.39 is 12.2 Å². The summed E-state index contributed by atoms with van der Waals surface area (Å²) in [6.07, 6.45) is 7.00. The van der Waals surface area contributed by atoms with E-state index in [0.717, 1.165) is 83.4 Å². The Labute approximate surface area is 214 Å². The molecule has 190 valence electrons. The summed E-state index contributed by atoms with van der Waals surface area (Å²) in [5.74, 6) is 1.50. The highest BCUT2D eigenvalue weighted by Crippen LogP contribution is 2.44. The van der Waals surface area contributed by atoms with E-state index in [1.807, 2.05) is 48.5 Å². The molecule has 0 amide bonds. The highest BCUT2D eigenvalue weighted by Gasteiger charge is 2.18. The van der Waals surface area contributed by atoms with Crippen molar-refractivity contribution in [1.82, 2.24) is 0 Å². The van der Waals surface area contributed by atoms with Crippen LogP contribution in [-0.2, 0) is 0 Å². The van der Waals surface area contributed by atoms with Crippen LogP contribution in [0.15, 0.2) is 70.5 Å². The summed E-state index contributed by atoms with van der Waals surface area (Å²) < 4.78 is 12.5. The summed E-state index contributed by atoms with van der Waals surface area (Å²) in [6.45, 7) is 4.84. The smallest absolute Gasteiger partial charge is 0.141 e. The molecule has 0 bridgehead atoms. The zero-order valence-electron chi connectivity index (χ0n) is 21.1. The quantitative estimate of drug-likeness (QED) is 0.200. The molecule has 5 heteroatoms. The predicted octanol–water partition coefficient (Wildman–Crippen LogP) is 7.63. The number of aliphatic hydroxyl groups is 2. The van der Waals surface area contributed by atoms with Crippen LogP contribution in [0.2, 0.25) is 0 Å². The van der Waals surface area contributed by atoms with Gasteiger partial charge in [-0.3, -0.25) is 0 Å². The summed E-state index contributed by atoms with van der Waals surface area (Å²) in [4.78, 5) is 2.04. The van der Waals surface area contributed by atoms with Gasteiger partial charge in [-0.05, 0) is 31.0 Å². The van der Waals surface area contributed by atoms with Crippen LogP contribution >= 0.6 is 11.8 Å². The first-order valence-corrected chi connectivity index (χ1v) is 13.8. The first kappa shape index (κ1) is 27.4. The minimum absolute atomic E-state index is 0.256. The van der Waals surface area contributed by atoms with E-state index in [1.165, 1.54) is 0 Å². The summed E-state index contributed by atoms with van der Waals surface area (Å²) in [5.41, 5.74) is 0. The third kappa shape index (κ3) is 8.75. The third-order valence-electron chi connectivity index (χ3n) is 6.03. The van der Waals surface area contributed by atoms with Crippen molar-refractivity contribution in [2.24, 2.45) is 0 Å². The summed E-state index contributed by atoms with van der Waals surface area (Å²) in [5, 5.41) is 22.8. The monoisotopic (exact) mass is 496 g/mol. The molecule has 0 saturated heterocycles. The molecule has 0 aliphatic rings. The van der Waals surface area contributed by atoms with Gasteiger partial charge in [0.1, 0.15) is 24.7 Å². The molecule has 3 aromatic carbocycles. The number of hydrogen-bond donors (Lipinski definition) is 2. The van der Waals surface area contributed by atoms with Gasteiger partial charge in [-0.2, -0.15) is 0 Å². The Balaban J connectivity index is 1.87. The molecule has 0 aromatic heterocycles. The lowest BCUT2D eigenvalue weighted by Crippen LogP contribution is -2.18. The Morgan fingerprint density at radius 3 is 1.91 bits per heavy atom. The standard InChI is InChI=1S/C30H40O4S/c1-3-5-8-14-23(31)21-33-28-20-29(35-25-16-10-7-11-17-25)30(27-19-13-12-18-26(27)28)34-22-24(32)15-9-6-4-2/h7,10-13,16-20,23-24,31-32H,3-6,8-9,14-15,21-22H2,1-2H3. The maximum absolute atomic E-state index is 10.5. The highest BCUT2D eigenvalue weighted by molar-refractivity contribution is 7.99. The van der Waals surface area contributed by atoms with E-state index in [0.29, 0.717) is 0 Å². The Morgan fingerprint density at radius 1 is 0.714 bits per heavy atom. The van der Waals surface area contributed by atoms with Crippen molar-refractivity contribution in [1.29, 1.82) is 0 Å². The fourth-order valence-electron chi connectivity index (χ4n) is 4.04. The highest BCUT2D eigenvalue weighted by atomic mass is 32.2. The molecular weight excluding hydrogens is 456 g/mol. The fourth-order valence-corrected chi connectivity index (χ4v) is 5.02. The lowest BCUT2D eigenvalue weighted by Gasteiger charge is -2.20. The Hall–Kier alpha value is -2.21. The Bertz CT molecular complexity index is 1010. The first-order valence-electron chi connectivity index (χ1n) is 13.0. The molecule has 4 nitrogen and oxygen atoms in total. The van der Waals surface area contributed by atoms with E-state index in [2.05, 4.69) is 26.0 Å². The van der Waals surface area contributed by atoms with Crippen molar-refractivity contribution in [2.75, 3.05) is 13.2 Å². The molecule has 35 heavy (non-hydrogen) atoms. The second kappa shape index (κ2) is 15.0. The topological polar surface area (TPSA) is 58.9 Å². The van der Waals surface area contributed by atoms with Gasteiger partial charge in [-0.1, -0.05) is 107 Å². The van der Waals surface area contributed by atoms with E-state index >= 15 is 0 Å². The van der Waals surface area contributed by atoms with Crippen LogP contribution in [0, 0.1) is 0 Å². The van der Waals surface area contributed by atoms with Crippen molar-refractivity contribution < 1.29 is 19.7 Å². The number of unbranched alkanes of at least 4 members (excludes halogenated alkanes) is 4. The van der Waals surface area contributed by atoms with Gasteiger partial charge in [-0.25, -0.2) is 0 Å². The number of ether oxygens (including phenoxy) is 2. The van der Waals surface area contributed by atoms with E-state index in [1.54, 1.807) is 11.8 Å². The van der Waals surface area contributed by atoms with Gasteiger partial charge >= 0.3 is 0 Å². The summed E-state index contributed by atoms with van der Waals surface area (Å²) in [6, 6.07) is 20.2. The molecule has 3 rings (SSSR count). The number of benzene rings is 3. The normalized spacial score (nSPS) is 13.0. The van der Waals surface area contributed by atoms with Gasteiger partial charge in [0.2, 0.25) is 0 Å². The number of hydrogen-bond acceptors (Lipinski definition) is 5. The van der Waals surface area contributed by atoms with Crippen LogP contribution in [0.4, 0.5) is 0 Å². The van der Waals surface area contributed by atoms with Crippen LogP contribution in [0.3, 0.4) is 0 Å². The number of aliphatic hydroxyl groups excluding tert-OH is 2. The largest absolute Gasteiger partial charge is 0.490 e. The molecule has 2 N–H and O–H groups in total. The van der Waals surface area contributed by atoms with Crippen molar-refractivity contribution >= 4 is 22.5 Å². The number of fused-ring (bicyclic) bond motifs is 1. The lowest BCUT2D eigenvalue weighted by atomic mass is 10.1. The number of rotatable bonds is 16. The fraction of sp³-hybridized carbons (Fsp3) is 0.467. The van der Waals surface area contributed by atoms with Crippen LogP contribution in [0.5, 0.6) is 11.5 Å². The molecule has 0 radical (unpaired) electrons. The SMILES string of the molecule is CCCCCC(O)COc1cc(Sc2ccccc2)c(OCC(O)CCCCC)c2ccccc12. The van der Waals surface area contributed by atoms with Gasteiger partial charge in [0, 0.05) is 15.7 Å². The van der Waals surface area contributed by atoms with Crippen LogP contribution in [0.1, 0.15) is 65.2 Å². The average molecular weight is 497 g/mol. The minimum atomic E-state index is -0.496. The van der Waals surface area contributed by atoms with Crippen molar-refractivity contribution in [2.45, 2.75) is 87.2 Å². The maximum Gasteiger partial charge on any atom is 0.141 e. The van der Waals surface area contributed by atoms with Crippen LogP contribution in [0.25, 0.3) is 10.8 Å². The molecule has 0 aliphatic carbocycles. The molecule has 0 spiro atoms. The summed E-state index contributed by atoms with van der Waals surface area (Å²) >= 11 is 1.62. The van der Waals surface area contributed by atoms with Gasteiger partial charge in [0.25, 0.3) is 0 Å². The van der Waals surface area contributed by atoms with Gasteiger partial charge in [0.15, 0.2) is 0 Å². The molecule has 2 atom stereocenters. The second-order valence-corrected chi connectivity index (χ2v) is 10.2. The molecule has 0 heterocycles. The van der Waals surface area contributed by atoms with E-state index in [4.69, 9.17) is 9.47 Å². The second-order valence-electron chi connectivity index (χ2n) is 9.08. The zero-order chi connectivity index (χ0) is 24.9. The van der Waals surface area contributed by atoms with E-state index in [-0.39, 0.29) is 13.2 Å². The van der Waals surface area contributed by atoms with Crippen molar-refractivity contribution in [3.63, 3.8) is 0 Å². The van der Waals surface area contributed by atoms with E-state index in [9.17, 15) is 10.2 Å². The van der Waals surface area contributed by atoms with Crippen LogP contribution < -0.4 is 9.47 Å². The average Bonchev–Trinajstić information content (AvgIpc) is 2.87. The van der Waals surface area contributed by atoms with Crippen LogP contribution in [-0.4, -0.2) is 35.6 Å². The maximum atomic E-state index is 10.5. The van der Waals surface area contributed by atoms with Crippen molar-refractivity contribution in [3.05, 3.63) is 60.7 Å². The lowest BCUT2D eigenvalue weighted by molar-refractivity contribution is 0.0957. The predicted molar refractivity (Wildman–Crippen MR) is 146 cm³/mol. The van der Waals surface area contributed by atoms with Gasteiger partial charge in [0.05, 0.1) is 17.1 Å². The van der Waals surface area contributed by atoms with Crippen molar-refractivity contribution in [3.8, 4) is 11.5 Å². The Kier molecular flexibility index (Phi) is 11.8. The van der Waals surface area contributed by atoms with Gasteiger partial charge < -0.3 is 19.7 Å².